The van der Waals surface area contributed by atoms with Crippen LogP contribution in [0.15, 0.2) is 67.3 Å². The number of nitrogens with zero attached hydrogens (tertiary/aromatic N) is 4. The number of amides is 1. The standard InChI is InChI=1S/C24H23N7O3/c32-24(34-19-7-11-33-12-8-19)29-18-5-1-4-17(13-18)28-23-26-10-6-20(31-23)21-15-27-22(30-21)16-3-2-9-25-14-16/h1-6,9-10,13-15,19H,7-8,11-12H2,(H,27,30)(H,29,32)(H,26,28,31). The van der Waals surface area contributed by atoms with Gasteiger partial charge >= 0.3 is 6.09 Å². The third-order valence-corrected chi connectivity index (χ3v) is 5.25. The Bertz CT molecular complexity index is 1260. The maximum absolute atomic E-state index is 12.2. The van der Waals surface area contributed by atoms with Crippen LogP contribution >= 0.6 is 0 Å². The Kier molecular flexibility index (Phi) is 6.39. The van der Waals surface area contributed by atoms with E-state index in [0.29, 0.717) is 49.2 Å². The smallest absolute Gasteiger partial charge is 0.411 e. The number of H-pyrrole nitrogens is 1. The van der Waals surface area contributed by atoms with Crippen LogP contribution in [-0.2, 0) is 9.47 Å². The van der Waals surface area contributed by atoms with Crippen molar-refractivity contribution in [1.82, 2.24) is 24.9 Å². The number of imidazole rings is 1. The summed E-state index contributed by atoms with van der Waals surface area (Å²) in [6.07, 6.45) is 7.68. The summed E-state index contributed by atoms with van der Waals surface area (Å²) in [5.41, 5.74) is 3.67. The fourth-order valence-electron chi connectivity index (χ4n) is 3.57. The van der Waals surface area contributed by atoms with Crippen LogP contribution in [0.1, 0.15) is 12.8 Å². The van der Waals surface area contributed by atoms with Crippen molar-refractivity contribution < 1.29 is 14.3 Å². The van der Waals surface area contributed by atoms with Crippen molar-refractivity contribution in [1.29, 1.82) is 0 Å². The lowest BCUT2D eigenvalue weighted by molar-refractivity contribution is 0.00592. The second-order valence-electron chi connectivity index (χ2n) is 7.70. The van der Waals surface area contributed by atoms with Gasteiger partial charge in [-0.1, -0.05) is 6.07 Å². The van der Waals surface area contributed by atoms with Gasteiger partial charge in [0.15, 0.2) is 0 Å². The summed E-state index contributed by atoms with van der Waals surface area (Å²) in [6, 6.07) is 12.9. The fraction of sp³-hybridized carbons (Fsp3) is 0.208. The molecule has 1 aromatic carbocycles. The van der Waals surface area contributed by atoms with E-state index >= 15 is 0 Å². The van der Waals surface area contributed by atoms with Crippen molar-refractivity contribution in [2.75, 3.05) is 23.8 Å². The van der Waals surface area contributed by atoms with Gasteiger partial charge in [0.25, 0.3) is 0 Å². The van der Waals surface area contributed by atoms with Crippen molar-refractivity contribution >= 4 is 23.4 Å². The zero-order valence-electron chi connectivity index (χ0n) is 18.3. The third-order valence-electron chi connectivity index (χ3n) is 5.25. The van der Waals surface area contributed by atoms with Crippen LogP contribution in [0.3, 0.4) is 0 Å². The summed E-state index contributed by atoms with van der Waals surface area (Å²) in [5.74, 6) is 1.12. The van der Waals surface area contributed by atoms with Gasteiger partial charge in [-0.2, -0.15) is 0 Å². The van der Waals surface area contributed by atoms with Crippen molar-refractivity contribution in [3.63, 3.8) is 0 Å². The lowest BCUT2D eigenvalue weighted by atomic mass is 10.2. The quantitative estimate of drug-likeness (QED) is 0.389. The summed E-state index contributed by atoms with van der Waals surface area (Å²) in [6.45, 7) is 1.22. The Labute approximate surface area is 195 Å². The highest BCUT2D eigenvalue weighted by Crippen LogP contribution is 2.23. The molecule has 4 aromatic rings. The number of hydrogen-bond donors (Lipinski definition) is 3. The van der Waals surface area contributed by atoms with Gasteiger partial charge in [0.2, 0.25) is 5.95 Å². The molecule has 0 atom stereocenters. The van der Waals surface area contributed by atoms with Crippen LogP contribution in [0.4, 0.5) is 22.1 Å². The molecule has 0 saturated carbocycles. The summed E-state index contributed by atoms with van der Waals surface area (Å²) in [5, 5.41) is 5.94. The summed E-state index contributed by atoms with van der Waals surface area (Å²) in [7, 11) is 0. The van der Waals surface area contributed by atoms with Gasteiger partial charge in [-0.15, -0.1) is 0 Å². The van der Waals surface area contributed by atoms with E-state index < -0.39 is 6.09 Å². The number of hydrogen-bond acceptors (Lipinski definition) is 8. The highest BCUT2D eigenvalue weighted by molar-refractivity contribution is 5.85. The molecule has 0 radical (unpaired) electrons. The number of ether oxygens (including phenoxy) is 2. The third kappa shape index (κ3) is 5.36. The first-order valence-electron chi connectivity index (χ1n) is 10.9. The monoisotopic (exact) mass is 457 g/mol. The molecule has 10 heteroatoms. The Balaban J connectivity index is 1.25. The maximum Gasteiger partial charge on any atom is 0.411 e. The minimum absolute atomic E-state index is 0.118. The van der Waals surface area contributed by atoms with Gasteiger partial charge in [-0.05, 0) is 36.4 Å². The number of benzene rings is 1. The van der Waals surface area contributed by atoms with E-state index in [9.17, 15) is 4.79 Å². The summed E-state index contributed by atoms with van der Waals surface area (Å²) in [4.78, 5) is 32.9. The first-order chi connectivity index (χ1) is 16.7. The van der Waals surface area contributed by atoms with Crippen LogP contribution in [0.25, 0.3) is 22.8 Å². The molecule has 34 heavy (non-hydrogen) atoms. The molecular weight excluding hydrogens is 434 g/mol. The normalized spacial score (nSPS) is 13.9. The first-order valence-corrected chi connectivity index (χ1v) is 10.9. The van der Waals surface area contributed by atoms with Crippen LogP contribution < -0.4 is 10.6 Å². The summed E-state index contributed by atoms with van der Waals surface area (Å²) < 4.78 is 10.8. The molecule has 0 spiro atoms. The van der Waals surface area contributed by atoms with E-state index in [2.05, 4.69) is 35.6 Å². The highest BCUT2D eigenvalue weighted by atomic mass is 16.6. The van der Waals surface area contributed by atoms with Gasteiger partial charge in [0.05, 0.1) is 30.8 Å². The van der Waals surface area contributed by atoms with E-state index in [1.807, 2.05) is 24.3 Å². The Hall–Kier alpha value is -4.31. The minimum Gasteiger partial charge on any atom is -0.446 e. The SMILES string of the molecule is O=C(Nc1cccc(Nc2nccc(-c3cnc(-c4cccnc4)[nH]3)n2)c1)OC1CCOCC1. The molecular formula is C24H23N7O3. The molecule has 1 fully saturated rings. The van der Waals surface area contributed by atoms with E-state index in [1.54, 1.807) is 43.0 Å². The Morgan fingerprint density at radius 1 is 1.03 bits per heavy atom. The van der Waals surface area contributed by atoms with E-state index in [4.69, 9.17) is 9.47 Å². The van der Waals surface area contributed by atoms with Crippen molar-refractivity contribution in [2.45, 2.75) is 18.9 Å². The lowest BCUT2D eigenvalue weighted by Crippen LogP contribution is -2.28. The van der Waals surface area contributed by atoms with Crippen LogP contribution in [0.5, 0.6) is 0 Å². The molecule has 1 saturated heterocycles. The zero-order valence-corrected chi connectivity index (χ0v) is 18.3. The van der Waals surface area contributed by atoms with Crippen molar-refractivity contribution in [3.05, 3.63) is 67.3 Å². The van der Waals surface area contributed by atoms with E-state index in [1.165, 1.54) is 0 Å². The number of aromatic amines is 1. The van der Waals surface area contributed by atoms with E-state index in [-0.39, 0.29) is 6.10 Å². The van der Waals surface area contributed by atoms with Crippen LogP contribution in [0.2, 0.25) is 0 Å². The average molecular weight is 457 g/mol. The van der Waals surface area contributed by atoms with Crippen LogP contribution in [0, 0.1) is 0 Å². The predicted octanol–water partition coefficient (Wildman–Crippen LogP) is 4.40. The van der Waals surface area contributed by atoms with Crippen LogP contribution in [-0.4, -0.2) is 50.3 Å². The molecule has 0 bridgehead atoms. The van der Waals surface area contributed by atoms with Gasteiger partial charge in [0, 0.05) is 48.4 Å². The topological polar surface area (TPSA) is 127 Å². The van der Waals surface area contributed by atoms with E-state index in [0.717, 1.165) is 16.9 Å². The largest absolute Gasteiger partial charge is 0.446 e. The van der Waals surface area contributed by atoms with Crippen molar-refractivity contribution in [2.24, 2.45) is 0 Å². The number of nitrogens with one attached hydrogen (secondary N) is 3. The van der Waals surface area contributed by atoms with Crippen molar-refractivity contribution in [3.8, 4) is 22.8 Å². The number of aromatic nitrogens is 5. The number of carbonyl (C=O) groups is 1. The first kappa shape index (κ1) is 21.5. The molecule has 1 aliphatic heterocycles. The second kappa shape index (κ2) is 10.1. The molecule has 0 aliphatic carbocycles. The maximum atomic E-state index is 12.2. The number of rotatable bonds is 6. The molecule has 0 unspecified atom stereocenters. The lowest BCUT2D eigenvalue weighted by Gasteiger charge is -2.22. The minimum atomic E-state index is -0.481. The molecule has 1 aliphatic rings. The molecule has 5 rings (SSSR count). The van der Waals surface area contributed by atoms with Gasteiger partial charge in [-0.25, -0.2) is 19.7 Å². The number of anilines is 3. The average Bonchev–Trinajstić information content (AvgIpc) is 3.36. The molecule has 172 valence electrons. The van der Waals surface area contributed by atoms with Gasteiger partial charge in [0.1, 0.15) is 11.9 Å². The zero-order chi connectivity index (χ0) is 23.2. The van der Waals surface area contributed by atoms with Gasteiger partial charge < -0.3 is 19.8 Å². The molecule has 3 aromatic heterocycles. The summed E-state index contributed by atoms with van der Waals surface area (Å²) >= 11 is 0. The molecule has 10 nitrogen and oxygen atoms in total. The Morgan fingerprint density at radius 3 is 2.76 bits per heavy atom. The van der Waals surface area contributed by atoms with Gasteiger partial charge in [-0.3, -0.25) is 10.3 Å². The molecule has 4 heterocycles. The molecule has 3 N–H and O–H groups in total. The second-order valence-corrected chi connectivity index (χ2v) is 7.70. The highest BCUT2D eigenvalue weighted by Gasteiger charge is 2.18. The number of pyridine rings is 1. The molecule has 1 amide bonds. The Morgan fingerprint density at radius 2 is 1.91 bits per heavy atom. The fourth-order valence-corrected chi connectivity index (χ4v) is 3.57. The predicted molar refractivity (Wildman–Crippen MR) is 127 cm³/mol. The number of carbonyl (C=O) groups excluding carboxylic acids is 1.